The average molecular weight is 262 g/mol. The first-order valence-corrected chi connectivity index (χ1v) is 6.12. The molecule has 0 unspecified atom stereocenters. The zero-order valence-corrected chi connectivity index (χ0v) is 11.4. The SMILES string of the molecule is CC(C)(C)OC(=O)N1CC=C(c2ccc(N)nn2)C1. The van der Waals surface area contributed by atoms with Gasteiger partial charge in [0.15, 0.2) is 0 Å². The summed E-state index contributed by atoms with van der Waals surface area (Å²) in [7, 11) is 0. The van der Waals surface area contributed by atoms with Crippen molar-refractivity contribution in [3.8, 4) is 0 Å². The number of anilines is 1. The highest BCUT2D eigenvalue weighted by molar-refractivity contribution is 5.76. The van der Waals surface area contributed by atoms with E-state index in [1.54, 1.807) is 17.0 Å². The van der Waals surface area contributed by atoms with Crippen molar-refractivity contribution in [1.29, 1.82) is 0 Å². The molecule has 0 aliphatic carbocycles. The molecule has 1 aliphatic heterocycles. The van der Waals surface area contributed by atoms with Crippen molar-refractivity contribution < 1.29 is 9.53 Å². The largest absolute Gasteiger partial charge is 0.444 e. The van der Waals surface area contributed by atoms with E-state index >= 15 is 0 Å². The normalized spacial score (nSPS) is 15.3. The van der Waals surface area contributed by atoms with Gasteiger partial charge in [-0.25, -0.2) is 4.79 Å². The smallest absolute Gasteiger partial charge is 0.410 e. The van der Waals surface area contributed by atoms with Gasteiger partial charge in [-0.1, -0.05) is 6.08 Å². The van der Waals surface area contributed by atoms with Crippen molar-refractivity contribution in [1.82, 2.24) is 15.1 Å². The van der Waals surface area contributed by atoms with E-state index < -0.39 is 5.60 Å². The number of rotatable bonds is 1. The fourth-order valence-electron chi connectivity index (χ4n) is 1.72. The molecule has 0 fully saturated rings. The molecule has 0 saturated carbocycles. The third-order valence-corrected chi connectivity index (χ3v) is 2.59. The molecule has 1 amide bonds. The van der Waals surface area contributed by atoms with E-state index in [-0.39, 0.29) is 6.09 Å². The van der Waals surface area contributed by atoms with Crippen molar-refractivity contribution in [2.24, 2.45) is 0 Å². The summed E-state index contributed by atoms with van der Waals surface area (Å²) >= 11 is 0. The van der Waals surface area contributed by atoms with Gasteiger partial charge in [0.05, 0.1) is 12.2 Å². The number of carbonyl (C=O) groups excluding carboxylic acids is 1. The van der Waals surface area contributed by atoms with Gasteiger partial charge in [0.2, 0.25) is 0 Å². The van der Waals surface area contributed by atoms with Gasteiger partial charge < -0.3 is 15.4 Å². The standard InChI is InChI=1S/C13H18N4O2/c1-13(2,3)19-12(18)17-7-6-9(8-17)10-4-5-11(14)16-15-10/h4-6H,7-8H2,1-3H3,(H2,14,16). The van der Waals surface area contributed by atoms with Crippen LogP contribution in [0.1, 0.15) is 26.5 Å². The summed E-state index contributed by atoms with van der Waals surface area (Å²) in [4.78, 5) is 13.5. The second-order valence-corrected chi connectivity index (χ2v) is 5.43. The highest BCUT2D eigenvalue weighted by Crippen LogP contribution is 2.21. The van der Waals surface area contributed by atoms with Gasteiger partial charge in [-0.05, 0) is 38.5 Å². The Morgan fingerprint density at radius 1 is 1.37 bits per heavy atom. The Labute approximate surface area is 112 Å². The molecule has 1 aromatic heterocycles. The van der Waals surface area contributed by atoms with Crippen LogP contribution < -0.4 is 5.73 Å². The molecular weight excluding hydrogens is 244 g/mol. The fraction of sp³-hybridized carbons (Fsp3) is 0.462. The van der Waals surface area contributed by atoms with Crippen molar-refractivity contribution >= 4 is 17.5 Å². The molecule has 1 aromatic rings. The van der Waals surface area contributed by atoms with Crippen molar-refractivity contribution in [2.75, 3.05) is 18.8 Å². The molecule has 2 heterocycles. The van der Waals surface area contributed by atoms with E-state index in [0.29, 0.717) is 18.9 Å². The lowest BCUT2D eigenvalue weighted by Crippen LogP contribution is -2.35. The van der Waals surface area contributed by atoms with Crippen LogP contribution >= 0.6 is 0 Å². The molecule has 0 bridgehead atoms. The molecule has 6 nitrogen and oxygen atoms in total. The van der Waals surface area contributed by atoms with Crippen LogP contribution in [-0.2, 0) is 4.74 Å². The van der Waals surface area contributed by atoms with Gasteiger partial charge in [0.1, 0.15) is 11.4 Å². The van der Waals surface area contributed by atoms with E-state index in [0.717, 1.165) is 11.3 Å². The molecule has 1 aliphatic rings. The molecule has 6 heteroatoms. The van der Waals surface area contributed by atoms with Crippen LogP contribution in [-0.4, -0.2) is 39.9 Å². The minimum Gasteiger partial charge on any atom is -0.444 e. The number of ether oxygens (including phenoxy) is 1. The number of amides is 1. The summed E-state index contributed by atoms with van der Waals surface area (Å²) in [5, 5.41) is 7.81. The van der Waals surface area contributed by atoms with Crippen LogP contribution in [0.5, 0.6) is 0 Å². The predicted molar refractivity (Wildman–Crippen MR) is 72.2 cm³/mol. The summed E-state index contributed by atoms with van der Waals surface area (Å²) in [6.45, 7) is 6.55. The van der Waals surface area contributed by atoms with Crippen LogP contribution in [0.4, 0.5) is 10.6 Å². The summed E-state index contributed by atoms with van der Waals surface area (Å²) in [6, 6.07) is 3.49. The van der Waals surface area contributed by atoms with Gasteiger partial charge in [0.25, 0.3) is 0 Å². The molecule has 0 spiro atoms. The molecule has 0 atom stereocenters. The minimum absolute atomic E-state index is 0.317. The zero-order valence-electron chi connectivity index (χ0n) is 11.4. The third kappa shape index (κ3) is 3.43. The maximum atomic E-state index is 11.9. The molecule has 0 radical (unpaired) electrons. The Morgan fingerprint density at radius 3 is 2.68 bits per heavy atom. The first kappa shape index (κ1) is 13.3. The molecular formula is C13H18N4O2. The highest BCUT2D eigenvalue weighted by Gasteiger charge is 2.26. The Balaban J connectivity index is 1.99. The second kappa shape index (κ2) is 4.87. The second-order valence-electron chi connectivity index (χ2n) is 5.43. The van der Waals surface area contributed by atoms with Crippen molar-refractivity contribution in [3.05, 3.63) is 23.9 Å². The maximum absolute atomic E-state index is 11.9. The van der Waals surface area contributed by atoms with E-state index in [9.17, 15) is 4.79 Å². The summed E-state index contributed by atoms with van der Waals surface area (Å²) < 4.78 is 5.32. The Morgan fingerprint density at radius 2 is 2.11 bits per heavy atom. The van der Waals surface area contributed by atoms with E-state index in [1.165, 1.54) is 0 Å². The van der Waals surface area contributed by atoms with Gasteiger partial charge in [-0.2, -0.15) is 0 Å². The third-order valence-electron chi connectivity index (χ3n) is 2.59. The molecule has 102 valence electrons. The predicted octanol–water partition coefficient (Wildman–Crippen LogP) is 1.69. The molecule has 2 N–H and O–H groups in total. The van der Waals surface area contributed by atoms with Crippen LogP contribution in [0, 0.1) is 0 Å². The lowest BCUT2D eigenvalue weighted by Gasteiger charge is -2.24. The number of carbonyl (C=O) groups is 1. The Hall–Kier alpha value is -2.11. The van der Waals surface area contributed by atoms with Crippen LogP contribution in [0.25, 0.3) is 5.57 Å². The molecule has 0 saturated heterocycles. The summed E-state index contributed by atoms with van der Waals surface area (Å²) in [5.41, 5.74) is 6.70. The van der Waals surface area contributed by atoms with Gasteiger partial charge in [-0.3, -0.25) is 0 Å². The van der Waals surface area contributed by atoms with E-state index in [1.807, 2.05) is 26.8 Å². The number of nitrogens with two attached hydrogens (primary N) is 1. The fourth-order valence-corrected chi connectivity index (χ4v) is 1.72. The zero-order chi connectivity index (χ0) is 14.0. The van der Waals surface area contributed by atoms with E-state index in [2.05, 4.69) is 10.2 Å². The number of aromatic nitrogens is 2. The van der Waals surface area contributed by atoms with Gasteiger partial charge >= 0.3 is 6.09 Å². The lowest BCUT2D eigenvalue weighted by atomic mass is 10.2. The first-order valence-electron chi connectivity index (χ1n) is 6.12. The Kier molecular flexibility index (Phi) is 3.42. The maximum Gasteiger partial charge on any atom is 0.410 e. The minimum atomic E-state index is -0.485. The van der Waals surface area contributed by atoms with Crippen molar-refractivity contribution in [3.63, 3.8) is 0 Å². The Bertz CT molecular complexity index is 502. The van der Waals surface area contributed by atoms with Gasteiger partial charge in [0, 0.05) is 6.54 Å². The molecule has 19 heavy (non-hydrogen) atoms. The quantitative estimate of drug-likeness (QED) is 0.833. The van der Waals surface area contributed by atoms with Crippen LogP contribution in [0.2, 0.25) is 0 Å². The van der Waals surface area contributed by atoms with Gasteiger partial charge in [-0.15, -0.1) is 10.2 Å². The number of nitrogen functional groups attached to an aromatic ring is 1. The number of hydrogen-bond donors (Lipinski definition) is 1. The summed E-state index contributed by atoms with van der Waals surface area (Å²) in [6.07, 6.45) is 1.63. The number of nitrogens with zero attached hydrogens (tertiary/aromatic N) is 3. The van der Waals surface area contributed by atoms with Crippen molar-refractivity contribution in [2.45, 2.75) is 26.4 Å². The molecule has 0 aromatic carbocycles. The van der Waals surface area contributed by atoms with Crippen LogP contribution in [0.15, 0.2) is 18.2 Å². The molecule has 2 rings (SSSR count). The van der Waals surface area contributed by atoms with E-state index in [4.69, 9.17) is 10.5 Å². The van der Waals surface area contributed by atoms with Crippen LogP contribution in [0.3, 0.4) is 0 Å². The highest BCUT2D eigenvalue weighted by atomic mass is 16.6. The lowest BCUT2D eigenvalue weighted by molar-refractivity contribution is 0.0306. The number of hydrogen-bond acceptors (Lipinski definition) is 5. The topological polar surface area (TPSA) is 81.3 Å². The monoisotopic (exact) mass is 262 g/mol. The first-order chi connectivity index (χ1) is 8.85. The summed E-state index contributed by atoms with van der Waals surface area (Å²) in [5.74, 6) is 0.381. The average Bonchev–Trinajstić information content (AvgIpc) is 2.77.